The number of nitrogens with zero attached hydrogens (tertiary/aromatic N) is 1. The summed E-state index contributed by atoms with van der Waals surface area (Å²) in [6, 6.07) is 21.1. The van der Waals surface area contributed by atoms with Crippen LogP contribution in [-0.2, 0) is 0 Å². The van der Waals surface area contributed by atoms with E-state index < -0.39 is 0 Å². The molecule has 1 aliphatic carbocycles. The molecule has 0 radical (unpaired) electrons. The van der Waals surface area contributed by atoms with E-state index in [4.69, 9.17) is 0 Å². The minimum Gasteiger partial charge on any atom is -0.335 e. The molecule has 1 aliphatic heterocycles. The van der Waals surface area contributed by atoms with Gasteiger partial charge in [-0.25, -0.2) is 0 Å². The van der Waals surface area contributed by atoms with E-state index in [9.17, 15) is 4.79 Å². The first-order valence-electron chi connectivity index (χ1n) is 9.25. The summed E-state index contributed by atoms with van der Waals surface area (Å²) in [5.74, 6) is 1.44. The van der Waals surface area contributed by atoms with Crippen molar-refractivity contribution >= 4 is 5.91 Å². The number of carbonyl (C=O) groups is 1. The van der Waals surface area contributed by atoms with Gasteiger partial charge in [-0.3, -0.25) is 4.79 Å². The van der Waals surface area contributed by atoms with Crippen LogP contribution < -0.4 is 0 Å². The van der Waals surface area contributed by atoms with Crippen LogP contribution in [0.2, 0.25) is 0 Å². The topological polar surface area (TPSA) is 20.3 Å². The van der Waals surface area contributed by atoms with Crippen molar-refractivity contribution in [2.24, 2.45) is 5.92 Å². The van der Waals surface area contributed by atoms with Crippen molar-refractivity contribution in [1.29, 1.82) is 0 Å². The zero-order chi connectivity index (χ0) is 16.4. The maximum atomic E-state index is 13.0. The second kappa shape index (κ2) is 6.80. The molecule has 1 unspecified atom stereocenters. The maximum Gasteiger partial charge on any atom is 0.254 e. The van der Waals surface area contributed by atoms with Gasteiger partial charge >= 0.3 is 0 Å². The van der Waals surface area contributed by atoms with Crippen LogP contribution in [-0.4, -0.2) is 23.4 Å². The number of amides is 1. The van der Waals surface area contributed by atoms with Gasteiger partial charge in [0, 0.05) is 18.2 Å². The van der Waals surface area contributed by atoms with Crippen molar-refractivity contribution in [3.05, 3.63) is 71.8 Å². The number of hydrogen-bond acceptors (Lipinski definition) is 1. The van der Waals surface area contributed by atoms with Crippen LogP contribution in [0.25, 0.3) is 0 Å². The largest absolute Gasteiger partial charge is 0.335 e. The molecule has 2 nitrogen and oxygen atoms in total. The van der Waals surface area contributed by atoms with E-state index >= 15 is 0 Å². The van der Waals surface area contributed by atoms with Crippen LogP contribution in [0.3, 0.4) is 0 Å². The Morgan fingerprint density at radius 3 is 2.25 bits per heavy atom. The van der Waals surface area contributed by atoms with E-state index in [-0.39, 0.29) is 5.91 Å². The quantitative estimate of drug-likeness (QED) is 0.773. The molecule has 1 saturated carbocycles. The Balaban J connectivity index is 1.60. The summed E-state index contributed by atoms with van der Waals surface area (Å²) >= 11 is 0. The lowest BCUT2D eigenvalue weighted by molar-refractivity contribution is 0.0319. The van der Waals surface area contributed by atoms with Gasteiger partial charge in [0.2, 0.25) is 0 Å². The highest BCUT2D eigenvalue weighted by Crippen LogP contribution is 2.44. The van der Waals surface area contributed by atoms with Crippen LogP contribution >= 0.6 is 0 Å². The average molecular weight is 319 g/mol. The van der Waals surface area contributed by atoms with E-state index in [0.717, 1.165) is 24.9 Å². The minimum atomic E-state index is 0.221. The van der Waals surface area contributed by atoms with Crippen molar-refractivity contribution in [3.8, 4) is 0 Å². The molecule has 0 spiro atoms. The summed E-state index contributed by atoms with van der Waals surface area (Å²) in [4.78, 5) is 15.2. The van der Waals surface area contributed by atoms with E-state index in [1.807, 2.05) is 30.3 Å². The molecule has 0 bridgehead atoms. The lowest BCUT2D eigenvalue weighted by Gasteiger charge is -2.48. The molecule has 2 aromatic rings. The third-order valence-corrected chi connectivity index (χ3v) is 5.89. The van der Waals surface area contributed by atoms with Crippen molar-refractivity contribution < 1.29 is 4.79 Å². The lowest BCUT2D eigenvalue weighted by Crippen LogP contribution is -2.52. The number of likely N-dealkylation sites (tertiary alicyclic amines) is 1. The number of benzene rings is 2. The van der Waals surface area contributed by atoms with Gasteiger partial charge in [0.05, 0.1) is 0 Å². The highest BCUT2D eigenvalue weighted by molar-refractivity contribution is 5.94. The van der Waals surface area contributed by atoms with E-state index in [0.29, 0.717) is 17.9 Å². The van der Waals surface area contributed by atoms with Crippen LogP contribution in [0.5, 0.6) is 0 Å². The third-order valence-electron chi connectivity index (χ3n) is 5.89. The van der Waals surface area contributed by atoms with Crippen molar-refractivity contribution in [1.82, 2.24) is 4.90 Å². The SMILES string of the molecule is O=C(c1ccccc1)N1CCC(c2ccccc2)[C@H]2CCCC[C@@H]21. The predicted octanol–water partition coefficient (Wildman–Crippen LogP) is 4.88. The van der Waals surface area contributed by atoms with Gasteiger partial charge in [-0.2, -0.15) is 0 Å². The molecule has 3 atom stereocenters. The zero-order valence-corrected chi connectivity index (χ0v) is 14.1. The Hall–Kier alpha value is -2.09. The molecular weight excluding hydrogens is 294 g/mol. The molecular formula is C22H25NO. The normalized spacial score (nSPS) is 26.7. The van der Waals surface area contributed by atoms with Gasteiger partial charge < -0.3 is 4.90 Å². The number of piperidine rings is 1. The highest BCUT2D eigenvalue weighted by atomic mass is 16.2. The average Bonchev–Trinajstić information content (AvgIpc) is 2.68. The first-order chi connectivity index (χ1) is 11.8. The monoisotopic (exact) mass is 319 g/mol. The summed E-state index contributed by atoms with van der Waals surface area (Å²) in [6.45, 7) is 0.883. The summed E-state index contributed by atoms with van der Waals surface area (Å²) in [5.41, 5.74) is 2.29. The minimum absolute atomic E-state index is 0.221. The molecule has 4 rings (SSSR count). The first-order valence-corrected chi connectivity index (χ1v) is 9.25. The van der Waals surface area contributed by atoms with Crippen LogP contribution in [0.1, 0.15) is 53.9 Å². The lowest BCUT2D eigenvalue weighted by atomic mass is 9.69. The molecule has 1 saturated heterocycles. The maximum absolute atomic E-state index is 13.0. The molecule has 0 aromatic heterocycles. The molecule has 1 amide bonds. The standard InChI is InChI=1S/C22H25NO/c24-22(18-11-5-2-6-12-18)23-16-15-19(17-9-3-1-4-10-17)20-13-7-8-14-21(20)23/h1-6,9-12,19-21H,7-8,13-16H2/t19?,20-,21+/m1/s1. The van der Waals surface area contributed by atoms with Crippen LogP contribution in [0.4, 0.5) is 0 Å². The Labute approximate surface area is 144 Å². The number of hydrogen-bond donors (Lipinski definition) is 0. The number of fused-ring (bicyclic) bond motifs is 1. The Morgan fingerprint density at radius 2 is 1.50 bits per heavy atom. The number of carbonyl (C=O) groups excluding carboxylic acids is 1. The Morgan fingerprint density at radius 1 is 0.833 bits per heavy atom. The van der Waals surface area contributed by atoms with Gasteiger partial charge in [0.15, 0.2) is 0 Å². The highest BCUT2D eigenvalue weighted by Gasteiger charge is 2.41. The molecule has 2 aliphatic rings. The second-order valence-electron chi connectivity index (χ2n) is 7.19. The summed E-state index contributed by atoms with van der Waals surface area (Å²) in [7, 11) is 0. The van der Waals surface area contributed by atoms with Gasteiger partial charge in [-0.05, 0) is 48.8 Å². The van der Waals surface area contributed by atoms with E-state index in [1.54, 1.807) is 0 Å². The van der Waals surface area contributed by atoms with E-state index in [2.05, 4.69) is 35.2 Å². The first kappa shape index (κ1) is 15.4. The van der Waals surface area contributed by atoms with Gasteiger partial charge in [0.25, 0.3) is 5.91 Å². The summed E-state index contributed by atoms with van der Waals surface area (Å²) < 4.78 is 0. The molecule has 2 heteroatoms. The van der Waals surface area contributed by atoms with Crippen molar-refractivity contribution in [2.75, 3.05) is 6.54 Å². The fourth-order valence-corrected chi connectivity index (χ4v) is 4.77. The summed E-state index contributed by atoms with van der Waals surface area (Å²) in [5, 5.41) is 0. The fourth-order valence-electron chi connectivity index (χ4n) is 4.77. The third kappa shape index (κ3) is 2.86. The van der Waals surface area contributed by atoms with Crippen molar-refractivity contribution in [2.45, 2.75) is 44.1 Å². The van der Waals surface area contributed by atoms with Gasteiger partial charge in [-0.15, -0.1) is 0 Å². The fraction of sp³-hybridized carbons (Fsp3) is 0.409. The van der Waals surface area contributed by atoms with Crippen molar-refractivity contribution in [3.63, 3.8) is 0 Å². The van der Waals surface area contributed by atoms with E-state index in [1.165, 1.54) is 24.8 Å². The van der Waals surface area contributed by atoms with Gasteiger partial charge in [0.1, 0.15) is 0 Å². The predicted molar refractivity (Wildman–Crippen MR) is 97.0 cm³/mol. The van der Waals surface area contributed by atoms with Crippen LogP contribution in [0, 0.1) is 5.92 Å². The zero-order valence-electron chi connectivity index (χ0n) is 14.1. The molecule has 2 aromatic carbocycles. The summed E-state index contributed by atoms with van der Waals surface area (Å²) in [6.07, 6.45) is 6.05. The molecule has 24 heavy (non-hydrogen) atoms. The molecule has 0 N–H and O–H groups in total. The molecule has 124 valence electrons. The second-order valence-corrected chi connectivity index (χ2v) is 7.19. The molecule has 2 fully saturated rings. The number of rotatable bonds is 2. The van der Waals surface area contributed by atoms with Gasteiger partial charge in [-0.1, -0.05) is 61.4 Å². The smallest absolute Gasteiger partial charge is 0.254 e. The Kier molecular flexibility index (Phi) is 4.38. The Bertz CT molecular complexity index is 682. The molecule has 1 heterocycles. The van der Waals surface area contributed by atoms with Crippen LogP contribution in [0.15, 0.2) is 60.7 Å².